The van der Waals surface area contributed by atoms with Crippen LogP contribution >= 0.6 is 15.9 Å². The van der Waals surface area contributed by atoms with Gasteiger partial charge in [-0.2, -0.15) is 5.10 Å². The van der Waals surface area contributed by atoms with Crippen molar-refractivity contribution in [3.63, 3.8) is 0 Å². The third-order valence-corrected chi connectivity index (χ3v) is 3.02. The molecule has 1 atom stereocenters. The molecule has 0 spiro atoms. The zero-order valence-corrected chi connectivity index (χ0v) is 11.2. The first kappa shape index (κ1) is 12.1. The molecule has 0 saturated carbocycles. The highest BCUT2D eigenvalue weighted by Crippen LogP contribution is 2.24. The molecule has 1 unspecified atom stereocenters. The van der Waals surface area contributed by atoms with E-state index in [0.29, 0.717) is 5.69 Å². The lowest BCUT2D eigenvalue weighted by atomic mass is 10.2. The predicted molar refractivity (Wildman–Crippen MR) is 69.3 cm³/mol. The number of benzene rings is 1. The molecule has 0 radical (unpaired) electrons. The first-order valence-electron chi connectivity index (χ1n) is 5.26. The molecule has 1 heterocycles. The summed E-state index contributed by atoms with van der Waals surface area (Å²) in [6.45, 7) is 1.97. The molecule has 0 fully saturated rings. The number of halogens is 2. The highest BCUT2D eigenvalue weighted by molar-refractivity contribution is 9.10. The predicted octanol–water partition coefficient (Wildman–Crippen LogP) is 3.49. The van der Waals surface area contributed by atoms with Crippen molar-refractivity contribution in [2.24, 2.45) is 7.05 Å². The summed E-state index contributed by atoms with van der Waals surface area (Å²) < 4.78 is 16.1. The summed E-state index contributed by atoms with van der Waals surface area (Å²) in [7, 11) is 1.86. The van der Waals surface area contributed by atoms with E-state index in [1.807, 2.05) is 20.2 Å². The second kappa shape index (κ2) is 4.87. The summed E-state index contributed by atoms with van der Waals surface area (Å²) >= 11 is 3.32. The monoisotopic (exact) mass is 297 g/mol. The Hall–Kier alpha value is -1.36. The Kier molecular flexibility index (Phi) is 3.47. The fourth-order valence-corrected chi connectivity index (χ4v) is 1.95. The van der Waals surface area contributed by atoms with Crippen LogP contribution in [0.4, 0.5) is 10.1 Å². The van der Waals surface area contributed by atoms with Crippen LogP contribution in [0.15, 0.2) is 35.1 Å². The van der Waals surface area contributed by atoms with Crippen LogP contribution in [0.25, 0.3) is 0 Å². The molecular weight excluding hydrogens is 285 g/mol. The third-order valence-electron chi connectivity index (χ3n) is 2.53. The second-order valence-corrected chi connectivity index (χ2v) is 4.85. The quantitative estimate of drug-likeness (QED) is 0.940. The molecule has 2 aromatic rings. The van der Waals surface area contributed by atoms with Crippen molar-refractivity contribution in [1.82, 2.24) is 9.78 Å². The Morgan fingerprint density at radius 2 is 2.24 bits per heavy atom. The molecule has 0 saturated heterocycles. The highest BCUT2D eigenvalue weighted by atomic mass is 79.9. The minimum Gasteiger partial charge on any atom is -0.376 e. The van der Waals surface area contributed by atoms with Gasteiger partial charge >= 0.3 is 0 Å². The zero-order chi connectivity index (χ0) is 12.4. The smallest absolute Gasteiger partial charge is 0.146 e. The number of aryl methyl sites for hydroxylation is 1. The van der Waals surface area contributed by atoms with E-state index < -0.39 is 0 Å². The lowest BCUT2D eigenvalue weighted by Gasteiger charge is -2.14. The number of nitrogens with zero attached hydrogens (tertiary/aromatic N) is 2. The number of rotatable bonds is 3. The van der Waals surface area contributed by atoms with E-state index in [0.717, 1.165) is 10.0 Å². The summed E-state index contributed by atoms with van der Waals surface area (Å²) in [6, 6.07) is 4.84. The molecule has 0 aliphatic carbocycles. The van der Waals surface area contributed by atoms with E-state index in [-0.39, 0.29) is 11.9 Å². The molecule has 5 heteroatoms. The van der Waals surface area contributed by atoms with Crippen LogP contribution in [0.1, 0.15) is 18.5 Å². The third kappa shape index (κ3) is 2.85. The van der Waals surface area contributed by atoms with Gasteiger partial charge in [-0.1, -0.05) is 15.9 Å². The lowest BCUT2D eigenvalue weighted by molar-refractivity contribution is 0.627. The largest absolute Gasteiger partial charge is 0.376 e. The van der Waals surface area contributed by atoms with Crippen LogP contribution in [0.2, 0.25) is 0 Å². The summed E-state index contributed by atoms with van der Waals surface area (Å²) in [5.74, 6) is -0.260. The van der Waals surface area contributed by atoms with Crippen molar-refractivity contribution in [2.75, 3.05) is 5.32 Å². The Labute approximate surface area is 108 Å². The normalized spacial score (nSPS) is 12.5. The van der Waals surface area contributed by atoms with Gasteiger partial charge in [-0.25, -0.2) is 4.39 Å². The van der Waals surface area contributed by atoms with Crippen molar-refractivity contribution in [1.29, 1.82) is 0 Å². The van der Waals surface area contributed by atoms with Crippen molar-refractivity contribution in [3.8, 4) is 0 Å². The Balaban J connectivity index is 2.18. The van der Waals surface area contributed by atoms with Crippen LogP contribution in [0, 0.1) is 5.82 Å². The molecule has 1 N–H and O–H groups in total. The van der Waals surface area contributed by atoms with Gasteiger partial charge in [0.05, 0.1) is 17.9 Å². The molecule has 1 aromatic heterocycles. The SMILES string of the molecule is CC(Nc1cc(Br)ccc1F)c1cnn(C)c1. The van der Waals surface area contributed by atoms with Gasteiger partial charge in [-0.15, -0.1) is 0 Å². The van der Waals surface area contributed by atoms with E-state index >= 15 is 0 Å². The van der Waals surface area contributed by atoms with Gasteiger partial charge in [-0.3, -0.25) is 4.68 Å². The molecular formula is C12H13BrFN3. The number of aromatic nitrogens is 2. The molecule has 2 rings (SSSR count). The Morgan fingerprint density at radius 3 is 2.88 bits per heavy atom. The average Bonchev–Trinajstić information content (AvgIpc) is 2.70. The van der Waals surface area contributed by atoms with E-state index in [4.69, 9.17) is 0 Å². The zero-order valence-electron chi connectivity index (χ0n) is 9.61. The Morgan fingerprint density at radius 1 is 1.47 bits per heavy atom. The van der Waals surface area contributed by atoms with Gasteiger partial charge in [0.25, 0.3) is 0 Å². The molecule has 0 bridgehead atoms. The minimum atomic E-state index is -0.260. The maximum Gasteiger partial charge on any atom is 0.146 e. The van der Waals surface area contributed by atoms with E-state index in [9.17, 15) is 4.39 Å². The van der Waals surface area contributed by atoms with Crippen molar-refractivity contribution >= 4 is 21.6 Å². The summed E-state index contributed by atoms with van der Waals surface area (Å²) in [4.78, 5) is 0. The van der Waals surface area contributed by atoms with Crippen LogP contribution in [-0.4, -0.2) is 9.78 Å². The van der Waals surface area contributed by atoms with Gasteiger partial charge in [0, 0.05) is 23.3 Å². The first-order chi connectivity index (χ1) is 8.06. The molecule has 0 aliphatic rings. The first-order valence-corrected chi connectivity index (χ1v) is 6.05. The van der Waals surface area contributed by atoms with Gasteiger partial charge in [0.1, 0.15) is 5.82 Å². The van der Waals surface area contributed by atoms with Crippen LogP contribution in [0.5, 0.6) is 0 Å². The molecule has 1 aromatic carbocycles. The fourth-order valence-electron chi connectivity index (χ4n) is 1.59. The van der Waals surface area contributed by atoms with E-state index in [2.05, 4.69) is 26.3 Å². The van der Waals surface area contributed by atoms with Gasteiger partial charge in [0.15, 0.2) is 0 Å². The molecule has 17 heavy (non-hydrogen) atoms. The number of nitrogens with one attached hydrogen (secondary N) is 1. The minimum absolute atomic E-state index is 0.00694. The second-order valence-electron chi connectivity index (χ2n) is 3.94. The van der Waals surface area contributed by atoms with Crippen LogP contribution in [-0.2, 0) is 7.05 Å². The van der Waals surface area contributed by atoms with E-state index in [1.165, 1.54) is 6.07 Å². The maximum absolute atomic E-state index is 13.5. The molecule has 0 amide bonds. The summed E-state index contributed by atoms with van der Waals surface area (Å²) in [6.07, 6.45) is 3.68. The number of hydrogen-bond acceptors (Lipinski definition) is 2. The maximum atomic E-state index is 13.5. The molecule has 3 nitrogen and oxygen atoms in total. The number of hydrogen-bond donors (Lipinski definition) is 1. The van der Waals surface area contributed by atoms with Crippen LogP contribution in [0.3, 0.4) is 0 Å². The van der Waals surface area contributed by atoms with Crippen molar-refractivity contribution < 1.29 is 4.39 Å². The summed E-state index contributed by atoms with van der Waals surface area (Å²) in [5.41, 5.74) is 1.50. The van der Waals surface area contributed by atoms with Crippen molar-refractivity contribution in [2.45, 2.75) is 13.0 Å². The van der Waals surface area contributed by atoms with Crippen LogP contribution < -0.4 is 5.32 Å². The fraction of sp³-hybridized carbons (Fsp3) is 0.250. The molecule has 90 valence electrons. The summed E-state index contributed by atoms with van der Waals surface area (Å²) in [5, 5.41) is 7.22. The van der Waals surface area contributed by atoms with Crippen molar-refractivity contribution in [3.05, 3.63) is 46.4 Å². The van der Waals surface area contributed by atoms with Gasteiger partial charge < -0.3 is 5.32 Å². The molecule has 0 aliphatic heterocycles. The average molecular weight is 298 g/mol. The lowest BCUT2D eigenvalue weighted by Crippen LogP contribution is -2.07. The highest BCUT2D eigenvalue weighted by Gasteiger charge is 2.10. The number of anilines is 1. The van der Waals surface area contributed by atoms with E-state index in [1.54, 1.807) is 23.0 Å². The standard InChI is InChI=1S/C12H13BrFN3/c1-8(9-6-15-17(2)7-9)16-12-5-10(13)3-4-11(12)14/h3-8,16H,1-2H3. The van der Waals surface area contributed by atoms with Gasteiger partial charge in [-0.05, 0) is 25.1 Å². The van der Waals surface area contributed by atoms with Gasteiger partial charge in [0.2, 0.25) is 0 Å². The topological polar surface area (TPSA) is 29.9 Å². The Bertz CT molecular complexity index is 524.